The van der Waals surface area contributed by atoms with Crippen LogP contribution in [0.3, 0.4) is 0 Å². The first-order valence-corrected chi connectivity index (χ1v) is 5.91. The number of amides is 1. The van der Waals surface area contributed by atoms with Gasteiger partial charge >= 0.3 is 0 Å². The zero-order chi connectivity index (χ0) is 13.5. The van der Waals surface area contributed by atoms with Gasteiger partial charge in [-0.3, -0.25) is 4.79 Å². The van der Waals surface area contributed by atoms with Crippen LogP contribution in [-0.4, -0.2) is 17.3 Å². The van der Waals surface area contributed by atoms with Crippen LogP contribution in [0.25, 0.3) is 0 Å². The number of halogens is 2. The fraction of sp³-hybridized carbons (Fsp3) is 0.250. The van der Waals surface area contributed by atoms with Crippen molar-refractivity contribution in [3.63, 3.8) is 0 Å². The summed E-state index contributed by atoms with van der Waals surface area (Å²) in [5, 5.41) is 10.9. The van der Waals surface area contributed by atoms with Crippen LogP contribution in [-0.2, 0) is 11.2 Å². The number of rotatable bonds is 5. The summed E-state index contributed by atoms with van der Waals surface area (Å²) >= 11 is 10.6. The van der Waals surface area contributed by atoms with E-state index in [4.69, 9.17) is 29.1 Å². The second-order valence-corrected chi connectivity index (χ2v) is 4.56. The standard InChI is InChI=1S/C12H10ClFN2OS/c13-10-2-1-8(6-11(10)14)5-9(18)7-16-12(17)3-4-15/h1-2,6H,3,5,7H2,(H,16,17). The number of thiocarbonyl (C=S) groups is 1. The highest BCUT2D eigenvalue weighted by molar-refractivity contribution is 7.80. The molecule has 1 aromatic carbocycles. The van der Waals surface area contributed by atoms with Crippen molar-refractivity contribution in [2.45, 2.75) is 12.8 Å². The Hall–Kier alpha value is -1.51. The molecule has 0 heterocycles. The molecule has 0 saturated heterocycles. The Morgan fingerprint density at radius 2 is 2.28 bits per heavy atom. The zero-order valence-electron chi connectivity index (χ0n) is 9.37. The van der Waals surface area contributed by atoms with Gasteiger partial charge in [-0.2, -0.15) is 5.26 Å². The smallest absolute Gasteiger partial charge is 0.234 e. The molecule has 1 amide bonds. The number of nitriles is 1. The summed E-state index contributed by atoms with van der Waals surface area (Å²) in [7, 11) is 0. The number of carbonyl (C=O) groups is 1. The molecule has 0 spiro atoms. The molecule has 3 nitrogen and oxygen atoms in total. The number of benzene rings is 1. The van der Waals surface area contributed by atoms with Crippen molar-refractivity contribution >= 4 is 34.6 Å². The van der Waals surface area contributed by atoms with E-state index >= 15 is 0 Å². The lowest BCUT2D eigenvalue weighted by Crippen LogP contribution is -2.28. The van der Waals surface area contributed by atoms with Crippen molar-refractivity contribution in [3.8, 4) is 6.07 Å². The third kappa shape index (κ3) is 4.78. The van der Waals surface area contributed by atoms with Gasteiger partial charge in [-0.25, -0.2) is 4.39 Å². The van der Waals surface area contributed by atoms with Gasteiger partial charge < -0.3 is 5.32 Å². The molecule has 0 fully saturated rings. The molecular formula is C12H10ClFN2OS. The summed E-state index contributed by atoms with van der Waals surface area (Å²) in [6.45, 7) is 0.195. The molecule has 94 valence electrons. The molecule has 1 rings (SSSR count). The Bertz CT molecular complexity index is 513. The van der Waals surface area contributed by atoms with Gasteiger partial charge in [-0.15, -0.1) is 0 Å². The molecule has 6 heteroatoms. The van der Waals surface area contributed by atoms with E-state index in [0.29, 0.717) is 16.8 Å². The monoisotopic (exact) mass is 284 g/mol. The van der Waals surface area contributed by atoms with Crippen LogP contribution >= 0.6 is 23.8 Å². The van der Waals surface area contributed by atoms with Crippen LogP contribution < -0.4 is 5.32 Å². The molecule has 0 aromatic heterocycles. The van der Waals surface area contributed by atoms with E-state index in [1.165, 1.54) is 12.1 Å². The van der Waals surface area contributed by atoms with Crippen molar-refractivity contribution in [2.75, 3.05) is 6.54 Å². The van der Waals surface area contributed by atoms with Crippen LogP contribution in [0.4, 0.5) is 4.39 Å². The first-order valence-electron chi connectivity index (χ1n) is 5.12. The summed E-state index contributed by atoms with van der Waals surface area (Å²) < 4.78 is 13.2. The van der Waals surface area contributed by atoms with Crippen LogP contribution in [0.2, 0.25) is 5.02 Å². The first kappa shape index (κ1) is 14.6. The Labute approximate surface area is 115 Å². The highest BCUT2D eigenvalue weighted by Crippen LogP contribution is 2.16. The summed E-state index contributed by atoms with van der Waals surface area (Å²) in [4.78, 5) is 11.6. The molecule has 1 N–H and O–H groups in total. The van der Waals surface area contributed by atoms with Crippen LogP contribution in [0.15, 0.2) is 18.2 Å². The summed E-state index contributed by atoms with van der Waals surface area (Å²) in [5.74, 6) is -0.868. The Morgan fingerprint density at radius 1 is 1.56 bits per heavy atom. The largest absolute Gasteiger partial charge is 0.351 e. The normalized spacial score (nSPS) is 9.61. The number of hydrogen-bond acceptors (Lipinski definition) is 3. The molecule has 0 radical (unpaired) electrons. The second-order valence-electron chi connectivity index (χ2n) is 3.58. The third-order valence-electron chi connectivity index (χ3n) is 2.11. The van der Waals surface area contributed by atoms with E-state index < -0.39 is 5.82 Å². The van der Waals surface area contributed by atoms with Crippen LogP contribution in [0.5, 0.6) is 0 Å². The number of hydrogen-bond donors (Lipinski definition) is 1. The molecule has 0 bridgehead atoms. The van der Waals surface area contributed by atoms with Gasteiger partial charge in [0.25, 0.3) is 0 Å². The molecule has 0 atom stereocenters. The van der Waals surface area contributed by atoms with E-state index in [0.717, 1.165) is 0 Å². The van der Waals surface area contributed by atoms with Crippen LogP contribution in [0, 0.1) is 17.1 Å². The van der Waals surface area contributed by atoms with Crippen molar-refractivity contribution in [3.05, 3.63) is 34.6 Å². The molecule has 0 aliphatic rings. The lowest BCUT2D eigenvalue weighted by molar-refractivity contribution is -0.119. The topological polar surface area (TPSA) is 52.9 Å². The van der Waals surface area contributed by atoms with Crippen molar-refractivity contribution in [2.24, 2.45) is 0 Å². The number of nitrogens with zero attached hydrogens (tertiary/aromatic N) is 1. The fourth-order valence-electron chi connectivity index (χ4n) is 1.27. The molecule has 18 heavy (non-hydrogen) atoms. The van der Waals surface area contributed by atoms with Crippen molar-refractivity contribution in [1.82, 2.24) is 5.32 Å². The maximum atomic E-state index is 13.2. The van der Waals surface area contributed by atoms with Gasteiger partial charge in [0.15, 0.2) is 0 Å². The predicted molar refractivity (Wildman–Crippen MR) is 71.0 cm³/mol. The summed E-state index contributed by atoms with van der Waals surface area (Å²) in [6, 6.07) is 6.18. The highest BCUT2D eigenvalue weighted by atomic mass is 35.5. The maximum Gasteiger partial charge on any atom is 0.234 e. The third-order valence-corrected chi connectivity index (χ3v) is 2.70. The SMILES string of the molecule is N#CCC(=O)NCC(=S)Cc1ccc(Cl)c(F)c1. The highest BCUT2D eigenvalue weighted by Gasteiger charge is 2.05. The van der Waals surface area contributed by atoms with E-state index in [2.05, 4.69) is 5.32 Å². The number of carbonyl (C=O) groups excluding carboxylic acids is 1. The molecular weight excluding hydrogens is 275 g/mol. The summed E-state index contributed by atoms with van der Waals surface area (Å²) in [6.07, 6.45) is 0.175. The number of nitrogens with one attached hydrogen (secondary N) is 1. The maximum absolute atomic E-state index is 13.2. The quantitative estimate of drug-likeness (QED) is 0.845. The molecule has 0 unspecified atom stereocenters. The van der Waals surface area contributed by atoms with E-state index in [-0.39, 0.29) is 23.9 Å². The lowest BCUT2D eigenvalue weighted by atomic mass is 10.1. The molecule has 0 aliphatic carbocycles. The Balaban J connectivity index is 2.47. The minimum Gasteiger partial charge on any atom is -0.351 e. The van der Waals surface area contributed by atoms with Gasteiger partial charge in [-0.1, -0.05) is 29.9 Å². The van der Waals surface area contributed by atoms with Crippen LogP contribution in [0.1, 0.15) is 12.0 Å². The van der Waals surface area contributed by atoms with Gasteiger partial charge in [0.05, 0.1) is 11.1 Å². The van der Waals surface area contributed by atoms with Gasteiger partial charge in [-0.05, 0) is 17.7 Å². The minimum atomic E-state index is -0.495. The average molecular weight is 285 g/mol. The predicted octanol–water partition coefficient (Wildman–Crippen LogP) is 2.42. The van der Waals surface area contributed by atoms with Crippen molar-refractivity contribution < 1.29 is 9.18 Å². The molecule has 1 aromatic rings. The Kier molecular flexibility index (Phi) is 5.69. The summed E-state index contributed by atoms with van der Waals surface area (Å²) in [5.41, 5.74) is 0.691. The molecule has 0 aliphatic heterocycles. The minimum absolute atomic E-state index is 0.0620. The van der Waals surface area contributed by atoms with E-state index in [9.17, 15) is 9.18 Å². The van der Waals surface area contributed by atoms with Gasteiger partial charge in [0.2, 0.25) is 5.91 Å². The zero-order valence-corrected chi connectivity index (χ0v) is 10.9. The molecule has 0 saturated carbocycles. The van der Waals surface area contributed by atoms with E-state index in [1.54, 1.807) is 12.1 Å². The van der Waals surface area contributed by atoms with E-state index in [1.807, 2.05) is 0 Å². The van der Waals surface area contributed by atoms with Gasteiger partial charge in [0.1, 0.15) is 12.2 Å². The Morgan fingerprint density at radius 3 is 2.89 bits per heavy atom. The fourth-order valence-corrected chi connectivity index (χ4v) is 1.63. The van der Waals surface area contributed by atoms with Gasteiger partial charge in [0, 0.05) is 17.8 Å². The average Bonchev–Trinajstić information content (AvgIpc) is 2.32. The lowest BCUT2D eigenvalue weighted by Gasteiger charge is -2.06. The first-order chi connectivity index (χ1) is 8.52. The van der Waals surface area contributed by atoms with Crippen molar-refractivity contribution in [1.29, 1.82) is 5.26 Å². The second kappa shape index (κ2) is 7.04.